The number of aromatic nitrogens is 1. The van der Waals surface area contributed by atoms with Gasteiger partial charge in [0.1, 0.15) is 11.1 Å². The standard InChI is InChI=1S/C21H27N3O2S/c25-20(24-11-1-2-12-24)10-7-16-5-8-17(9-6-16)22-14-18-15-27-21(23-18)19-4-3-13-26-19/h5-6,8-9,15,19,22H,1-4,7,10-14H2. The fraction of sp³-hybridized carbons (Fsp3) is 0.524. The molecule has 2 saturated heterocycles. The van der Waals surface area contributed by atoms with Crippen LogP contribution >= 0.6 is 11.3 Å². The number of rotatable bonds is 7. The largest absolute Gasteiger partial charge is 0.379 e. The Morgan fingerprint density at radius 3 is 2.78 bits per heavy atom. The number of nitrogens with zero attached hydrogens (tertiary/aromatic N) is 2. The molecule has 1 atom stereocenters. The summed E-state index contributed by atoms with van der Waals surface area (Å²) in [5, 5.41) is 6.64. The molecule has 2 aromatic rings. The first-order valence-electron chi connectivity index (χ1n) is 9.94. The summed E-state index contributed by atoms with van der Waals surface area (Å²) in [5.41, 5.74) is 3.35. The van der Waals surface area contributed by atoms with E-state index in [1.807, 2.05) is 4.90 Å². The second kappa shape index (κ2) is 8.85. The smallest absolute Gasteiger partial charge is 0.222 e. The molecule has 4 rings (SSSR count). The first-order chi connectivity index (χ1) is 13.3. The number of likely N-dealkylation sites (tertiary alicyclic amines) is 1. The summed E-state index contributed by atoms with van der Waals surface area (Å²) in [6, 6.07) is 8.39. The highest BCUT2D eigenvalue weighted by Gasteiger charge is 2.20. The third-order valence-electron chi connectivity index (χ3n) is 5.29. The number of anilines is 1. The van der Waals surface area contributed by atoms with Crippen LogP contribution in [-0.2, 0) is 22.5 Å². The molecule has 0 bridgehead atoms. The second-order valence-corrected chi connectivity index (χ2v) is 8.21. The fourth-order valence-corrected chi connectivity index (χ4v) is 4.58. The molecule has 0 spiro atoms. The number of thiazole rings is 1. The second-order valence-electron chi connectivity index (χ2n) is 7.32. The summed E-state index contributed by atoms with van der Waals surface area (Å²) < 4.78 is 5.70. The highest BCUT2D eigenvalue weighted by Crippen LogP contribution is 2.30. The number of carbonyl (C=O) groups is 1. The minimum Gasteiger partial charge on any atom is -0.379 e. The molecule has 2 aliphatic heterocycles. The van der Waals surface area contributed by atoms with Crippen molar-refractivity contribution in [2.45, 2.75) is 51.2 Å². The van der Waals surface area contributed by atoms with Gasteiger partial charge in [0.2, 0.25) is 5.91 Å². The van der Waals surface area contributed by atoms with Gasteiger partial charge in [-0.15, -0.1) is 11.3 Å². The molecular weight excluding hydrogens is 358 g/mol. The van der Waals surface area contributed by atoms with E-state index >= 15 is 0 Å². The molecule has 2 aliphatic rings. The van der Waals surface area contributed by atoms with Crippen LogP contribution in [0.1, 0.15) is 54.5 Å². The topological polar surface area (TPSA) is 54.5 Å². The summed E-state index contributed by atoms with van der Waals surface area (Å²) in [6.07, 6.45) is 6.15. The van der Waals surface area contributed by atoms with Crippen LogP contribution in [0.5, 0.6) is 0 Å². The molecular formula is C21H27N3O2S. The van der Waals surface area contributed by atoms with Crippen LogP contribution in [0.15, 0.2) is 29.6 Å². The lowest BCUT2D eigenvalue weighted by Gasteiger charge is -2.15. The summed E-state index contributed by atoms with van der Waals surface area (Å²) in [7, 11) is 0. The molecule has 1 aromatic heterocycles. The molecule has 0 aliphatic carbocycles. The number of hydrogen-bond acceptors (Lipinski definition) is 5. The summed E-state index contributed by atoms with van der Waals surface area (Å²) in [4.78, 5) is 18.8. The third-order valence-corrected chi connectivity index (χ3v) is 6.27. The van der Waals surface area contributed by atoms with Crippen LogP contribution in [-0.4, -0.2) is 35.5 Å². The van der Waals surface area contributed by atoms with Crippen LogP contribution in [0.3, 0.4) is 0 Å². The molecule has 6 heteroatoms. The molecule has 1 unspecified atom stereocenters. The predicted octanol–water partition coefficient (Wildman–Crippen LogP) is 4.16. The molecule has 0 radical (unpaired) electrons. The van der Waals surface area contributed by atoms with Crippen molar-refractivity contribution in [1.82, 2.24) is 9.88 Å². The fourth-order valence-electron chi connectivity index (χ4n) is 3.68. The van der Waals surface area contributed by atoms with E-state index in [1.165, 1.54) is 5.56 Å². The molecule has 3 heterocycles. The van der Waals surface area contributed by atoms with Crippen LogP contribution < -0.4 is 5.32 Å². The van der Waals surface area contributed by atoms with Crippen molar-refractivity contribution < 1.29 is 9.53 Å². The minimum absolute atomic E-state index is 0.200. The van der Waals surface area contributed by atoms with Gasteiger partial charge in [0.15, 0.2) is 0 Å². The lowest BCUT2D eigenvalue weighted by molar-refractivity contribution is -0.130. The summed E-state index contributed by atoms with van der Waals surface area (Å²) >= 11 is 1.69. The van der Waals surface area contributed by atoms with Crippen LogP contribution in [0.4, 0.5) is 5.69 Å². The zero-order valence-electron chi connectivity index (χ0n) is 15.7. The van der Waals surface area contributed by atoms with E-state index in [-0.39, 0.29) is 6.10 Å². The van der Waals surface area contributed by atoms with Gasteiger partial charge in [-0.2, -0.15) is 0 Å². The number of nitrogens with one attached hydrogen (secondary N) is 1. The Kier molecular flexibility index (Phi) is 6.04. The average Bonchev–Trinajstić information content (AvgIpc) is 3.47. The van der Waals surface area contributed by atoms with Gasteiger partial charge in [0.05, 0.1) is 12.2 Å². The first-order valence-corrected chi connectivity index (χ1v) is 10.8. The molecule has 1 aromatic carbocycles. The monoisotopic (exact) mass is 385 g/mol. The number of benzene rings is 1. The zero-order chi connectivity index (χ0) is 18.5. The van der Waals surface area contributed by atoms with Crippen LogP contribution in [0.2, 0.25) is 0 Å². The van der Waals surface area contributed by atoms with Crippen molar-refractivity contribution in [2.75, 3.05) is 25.0 Å². The van der Waals surface area contributed by atoms with Crippen molar-refractivity contribution in [1.29, 1.82) is 0 Å². The van der Waals surface area contributed by atoms with Crippen molar-refractivity contribution >= 4 is 22.9 Å². The number of hydrogen-bond donors (Lipinski definition) is 1. The summed E-state index contributed by atoms with van der Waals surface area (Å²) in [6.45, 7) is 3.45. The van der Waals surface area contributed by atoms with Crippen molar-refractivity contribution in [2.24, 2.45) is 0 Å². The van der Waals surface area contributed by atoms with E-state index in [0.29, 0.717) is 12.3 Å². The summed E-state index contributed by atoms with van der Waals surface area (Å²) in [5.74, 6) is 0.292. The highest BCUT2D eigenvalue weighted by molar-refractivity contribution is 7.09. The van der Waals surface area contributed by atoms with Crippen LogP contribution in [0, 0.1) is 0 Å². The van der Waals surface area contributed by atoms with Crippen LogP contribution in [0.25, 0.3) is 0 Å². The molecule has 1 amide bonds. The molecule has 5 nitrogen and oxygen atoms in total. The van der Waals surface area contributed by atoms with E-state index in [1.54, 1.807) is 11.3 Å². The molecule has 144 valence electrons. The van der Waals surface area contributed by atoms with E-state index in [2.05, 4.69) is 35.0 Å². The molecule has 2 fully saturated rings. The van der Waals surface area contributed by atoms with Crippen molar-refractivity contribution in [3.63, 3.8) is 0 Å². The van der Waals surface area contributed by atoms with E-state index in [9.17, 15) is 4.79 Å². The zero-order valence-corrected chi connectivity index (χ0v) is 16.5. The Balaban J connectivity index is 1.23. The van der Waals surface area contributed by atoms with Gasteiger partial charge in [-0.25, -0.2) is 4.98 Å². The highest BCUT2D eigenvalue weighted by atomic mass is 32.1. The average molecular weight is 386 g/mol. The Hall–Kier alpha value is -1.92. The van der Waals surface area contributed by atoms with Gasteiger partial charge >= 0.3 is 0 Å². The van der Waals surface area contributed by atoms with Gasteiger partial charge in [-0.3, -0.25) is 4.79 Å². The molecule has 1 N–H and O–H groups in total. The first kappa shape index (κ1) is 18.4. The normalized spacial score (nSPS) is 19.6. The maximum absolute atomic E-state index is 12.1. The minimum atomic E-state index is 0.200. The number of carbonyl (C=O) groups excluding carboxylic acids is 1. The van der Waals surface area contributed by atoms with Gasteiger partial charge in [0, 0.05) is 37.2 Å². The lowest BCUT2D eigenvalue weighted by Crippen LogP contribution is -2.27. The van der Waals surface area contributed by atoms with Gasteiger partial charge in [-0.1, -0.05) is 12.1 Å². The SMILES string of the molecule is O=C(CCc1ccc(NCc2csc(C3CCCO3)n2)cc1)N1CCCC1. The lowest BCUT2D eigenvalue weighted by atomic mass is 10.1. The van der Waals surface area contributed by atoms with Crippen molar-refractivity contribution in [3.8, 4) is 0 Å². The van der Waals surface area contributed by atoms with Gasteiger partial charge < -0.3 is 15.0 Å². The maximum Gasteiger partial charge on any atom is 0.222 e. The molecule has 0 saturated carbocycles. The van der Waals surface area contributed by atoms with Gasteiger partial charge in [-0.05, 0) is 49.8 Å². The predicted molar refractivity (Wildman–Crippen MR) is 108 cm³/mol. The number of amides is 1. The van der Waals surface area contributed by atoms with E-state index in [4.69, 9.17) is 9.72 Å². The van der Waals surface area contributed by atoms with E-state index < -0.39 is 0 Å². The van der Waals surface area contributed by atoms with E-state index in [0.717, 1.165) is 74.7 Å². The Morgan fingerprint density at radius 2 is 2.04 bits per heavy atom. The Bertz CT molecular complexity index is 747. The molecule has 27 heavy (non-hydrogen) atoms. The quantitative estimate of drug-likeness (QED) is 0.777. The maximum atomic E-state index is 12.1. The number of aryl methyl sites for hydroxylation is 1. The number of ether oxygens (including phenoxy) is 1. The van der Waals surface area contributed by atoms with Crippen molar-refractivity contribution in [3.05, 3.63) is 45.9 Å². The van der Waals surface area contributed by atoms with Gasteiger partial charge in [0.25, 0.3) is 0 Å². The third kappa shape index (κ3) is 4.87. The Labute approximate surface area is 164 Å². The Morgan fingerprint density at radius 1 is 1.22 bits per heavy atom.